The number of carbonyl (C=O) groups is 2. The van der Waals surface area contributed by atoms with Crippen molar-refractivity contribution in [2.45, 2.75) is 73.1 Å². The Morgan fingerprint density at radius 2 is 1.59 bits per heavy atom. The Bertz CT molecular complexity index is 492. The van der Waals surface area contributed by atoms with Crippen LogP contribution in [0.4, 0.5) is 0 Å². The second-order valence-electron chi connectivity index (χ2n) is 9.41. The molecule has 22 heavy (non-hydrogen) atoms. The fourth-order valence-corrected chi connectivity index (χ4v) is 6.35. The average Bonchev–Trinajstić information content (AvgIpc) is 2.42. The van der Waals surface area contributed by atoms with Crippen LogP contribution in [0, 0.1) is 40.4 Å². The van der Waals surface area contributed by atoms with Crippen molar-refractivity contribution in [3.05, 3.63) is 0 Å². The zero-order valence-corrected chi connectivity index (χ0v) is 14.9. The summed E-state index contributed by atoms with van der Waals surface area (Å²) in [6.07, 6.45) is 6.29. The highest BCUT2D eigenvalue weighted by Gasteiger charge is 2.55. The Hall–Kier alpha value is -0.660. The third kappa shape index (κ3) is 2.20. The van der Waals surface area contributed by atoms with E-state index in [0.717, 1.165) is 25.2 Å². The van der Waals surface area contributed by atoms with Gasteiger partial charge in [0.1, 0.15) is 0 Å². The molecule has 2 bridgehead atoms. The highest BCUT2D eigenvalue weighted by molar-refractivity contribution is 6.39. The van der Waals surface area contributed by atoms with Gasteiger partial charge in [0.25, 0.3) is 0 Å². The molecule has 0 unspecified atom stereocenters. The molecule has 0 aromatic heterocycles. The van der Waals surface area contributed by atoms with Crippen LogP contribution in [-0.2, 0) is 9.59 Å². The van der Waals surface area contributed by atoms with Gasteiger partial charge in [-0.1, -0.05) is 41.0 Å². The number of ketones is 2. The first-order chi connectivity index (χ1) is 10.2. The summed E-state index contributed by atoms with van der Waals surface area (Å²) >= 11 is 0. The number of rotatable bonds is 0. The molecule has 0 amide bonds. The van der Waals surface area contributed by atoms with E-state index in [2.05, 4.69) is 34.6 Å². The standard InChI is InChI=1S/C20H32O2/c1-12-6-7-14-11-16-13(2)10-17(21)18(22)20(16,5)9-8-15(12)19(14,3)4/h12-16H,6-11H2,1-5H3/t12-,13-,14+,15+,16-,20+/m1/s1. The quantitative estimate of drug-likeness (QED) is 0.610. The molecule has 2 nitrogen and oxygen atoms in total. The molecule has 124 valence electrons. The van der Waals surface area contributed by atoms with Gasteiger partial charge in [0, 0.05) is 11.8 Å². The maximum atomic E-state index is 12.7. The van der Waals surface area contributed by atoms with Gasteiger partial charge >= 0.3 is 0 Å². The fourth-order valence-electron chi connectivity index (χ4n) is 6.35. The van der Waals surface area contributed by atoms with Crippen LogP contribution in [0.3, 0.4) is 0 Å². The maximum Gasteiger partial charge on any atom is 0.204 e. The highest BCUT2D eigenvalue weighted by Crippen LogP contribution is 2.59. The van der Waals surface area contributed by atoms with E-state index in [9.17, 15) is 9.59 Å². The largest absolute Gasteiger partial charge is 0.291 e. The first-order valence-electron chi connectivity index (χ1n) is 9.25. The molecule has 0 spiro atoms. The average molecular weight is 304 g/mol. The molecular weight excluding hydrogens is 272 g/mol. The minimum Gasteiger partial charge on any atom is -0.291 e. The highest BCUT2D eigenvalue weighted by atomic mass is 16.2. The summed E-state index contributed by atoms with van der Waals surface area (Å²) in [5.41, 5.74) is -0.0119. The Labute approximate surface area is 135 Å². The van der Waals surface area contributed by atoms with Gasteiger partial charge in [-0.15, -0.1) is 0 Å². The van der Waals surface area contributed by atoms with E-state index in [1.165, 1.54) is 12.8 Å². The van der Waals surface area contributed by atoms with Gasteiger partial charge in [0.05, 0.1) is 0 Å². The van der Waals surface area contributed by atoms with Crippen LogP contribution in [0.1, 0.15) is 73.1 Å². The van der Waals surface area contributed by atoms with Crippen LogP contribution in [0.25, 0.3) is 0 Å². The van der Waals surface area contributed by atoms with Crippen molar-refractivity contribution in [1.82, 2.24) is 0 Å². The Kier molecular flexibility index (Phi) is 3.81. The Morgan fingerprint density at radius 1 is 0.909 bits per heavy atom. The van der Waals surface area contributed by atoms with Crippen LogP contribution in [0.15, 0.2) is 0 Å². The molecule has 0 radical (unpaired) electrons. The lowest BCUT2D eigenvalue weighted by Gasteiger charge is -2.56. The van der Waals surface area contributed by atoms with Crippen molar-refractivity contribution in [3.63, 3.8) is 0 Å². The van der Waals surface area contributed by atoms with Crippen LogP contribution in [0.5, 0.6) is 0 Å². The summed E-state index contributed by atoms with van der Waals surface area (Å²) in [4.78, 5) is 24.9. The normalized spacial score (nSPS) is 48.3. The minimum absolute atomic E-state index is 0.0546. The number of Topliss-reactive ketones (excluding diaryl/α,β-unsaturated/α-hetero) is 2. The molecule has 0 aromatic rings. The molecule has 0 N–H and O–H groups in total. The van der Waals surface area contributed by atoms with Gasteiger partial charge in [0.2, 0.25) is 5.78 Å². The lowest BCUT2D eigenvalue weighted by molar-refractivity contribution is -0.155. The number of carbonyl (C=O) groups excluding carboxylic acids is 2. The smallest absolute Gasteiger partial charge is 0.204 e. The maximum absolute atomic E-state index is 12.7. The third-order valence-corrected chi connectivity index (χ3v) is 7.96. The van der Waals surface area contributed by atoms with Gasteiger partial charge < -0.3 is 0 Å². The lowest BCUT2D eigenvalue weighted by atomic mass is 9.48. The van der Waals surface area contributed by atoms with E-state index in [1.54, 1.807) is 0 Å². The molecule has 0 saturated heterocycles. The van der Waals surface area contributed by atoms with Crippen LogP contribution in [0.2, 0.25) is 0 Å². The van der Waals surface area contributed by atoms with Crippen molar-refractivity contribution < 1.29 is 9.59 Å². The summed E-state index contributed by atoms with van der Waals surface area (Å²) < 4.78 is 0. The van der Waals surface area contributed by atoms with E-state index in [4.69, 9.17) is 0 Å². The van der Waals surface area contributed by atoms with Gasteiger partial charge in [0.15, 0.2) is 5.78 Å². The number of hydrogen-bond donors (Lipinski definition) is 0. The van der Waals surface area contributed by atoms with Crippen LogP contribution in [-0.4, -0.2) is 11.6 Å². The van der Waals surface area contributed by atoms with E-state index in [-0.39, 0.29) is 11.6 Å². The van der Waals surface area contributed by atoms with Gasteiger partial charge in [-0.05, 0) is 60.7 Å². The van der Waals surface area contributed by atoms with E-state index in [0.29, 0.717) is 35.5 Å². The summed E-state index contributed by atoms with van der Waals surface area (Å²) in [6, 6.07) is 0. The van der Waals surface area contributed by atoms with Crippen molar-refractivity contribution in [2.75, 3.05) is 0 Å². The molecule has 3 rings (SSSR count). The molecule has 0 aromatic carbocycles. The van der Waals surface area contributed by atoms with Crippen molar-refractivity contribution >= 4 is 11.6 Å². The molecule has 6 atom stereocenters. The Balaban J connectivity index is 1.99. The minimum atomic E-state index is -0.390. The molecule has 0 aliphatic heterocycles. The predicted molar refractivity (Wildman–Crippen MR) is 88.4 cm³/mol. The molecule has 3 aliphatic carbocycles. The van der Waals surface area contributed by atoms with Crippen LogP contribution < -0.4 is 0 Å². The summed E-state index contributed by atoms with van der Waals surface area (Å²) in [7, 11) is 0. The SMILES string of the molecule is C[C@@H]1CC(=O)C(=O)[C@@]2(C)CC[C@H]3[C@H](C)CC[C@@H](C[C@H]12)C3(C)C. The molecule has 3 fully saturated rings. The zero-order chi connectivity index (χ0) is 16.3. The topological polar surface area (TPSA) is 34.1 Å². The molecule has 3 saturated carbocycles. The van der Waals surface area contributed by atoms with Crippen LogP contribution >= 0.6 is 0 Å². The van der Waals surface area contributed by atoms with E-state index < -0.39 is 5.41 Å². The lowest BCUT2D eigenvalue weighted by Crippen LogP contribution is -2.53. The predicted octanol–water partition coefficient (Wildman–Crippen LogP) is 4.66. The first-order valence-corrected chi connectivity index (χ1v) is 9.25. The zero-order valence-electron chi connectivity index (χ0n) is 14.9. The molecular formula is C20H32O2. The van der Waals surface area contributed by atoms with E-state index in [1.807, 2.05) is 0 Å². The molecule has 3 aliphatic rings. The van der Waals surface area contributed by atoms with Gasteiger partial charge in [-0.2, -0.15) is 0 Å². The second kappa shape index (κ2) is 5.18. The van der Waals surface area contributed by atoms with Gasteiger partial charge in [-0.3, -0.25) is 9.59 Å². The third-order valence-electron chi connectivity index (χ3n) is 7.96. The summed E-state index contributed by atoms with van der Waals surface area (Å²) in [6.45, 7) is 11.6. The van der Waals surface area contributed by atoms with E-state index >= 15 is 0 Å². The Morgan fingerprint density at radius 3 is 2.27 bits per heavy atom. The molecule has 0 heterocycles. The van der Waals surface area contributed by atoms with Gasteiger partial charge in [-0.25, -0.2) is 0 Å². The monoisotopic (exact) mass is 304 g/mol. The summed E-state index contributed by atoms with van der Waals surface area (Å²) in [5, 5.41) is 0. The summed E-state index contributed by atoms with van der Waals surface area (Å²) in [5.74, 6) is 2.76. The second-order valence-corrected chi connectivity index (χ2v) is 9.41. The number of hydrogen-bond acceptors (Lipinski definition) is 2. The van der Waals surface area contributed by atoms with Crippen molar-refractivity contribution in [1.29, 1.82) is 0 Å². The first kappa shape index (κ1) is 16.2. The molecule has 2 heteroatoms. The van der Waals surface area contributed by atoms with Crippen molar-refractivity contribution in [3.8, 4) is 0 Å². The fraction of sp³-hybridized carbons (Fsp3) is 0.900. The van der Waals surface area contributed by atoms with Crippen molar-refractivity contribution in [2.24, 2.45) is 40.4 Å². The number of fused-ring (bicyclic) bond motifs is 3.